The number of anilines is 1. The number of amides is 1. The first-order chi connectivity index (χ1) is 12.0. The molecule has 0 aliphatic carbocycles. The van der Waals surface area contributed by atoms with E-state index in [9.17, 15) is 13.6 Å². The van der Waals surface area contributed by atoms with Crippen LogP contribution in [-0.2, 0) is 4.79 Å². The van der Waals surface area contributed by atoms with E-state index in [0.717, 1.165) is 5.56 Å². The van der Waals surface area contributed by atoms with Crippen molar-refractivity contribution >= 4 is 52.3 Å². The number of fused-ring (bicyclic) bond motifs is 1. The Morgan fingerprint density at radius 2 is 1.88 bits per heavy atom. The Bertz CT molecular complexity index is 877. The molecular weight excluding hydrogens is 386 g/mol. The van der Waals surface area contributed by atoms with Crippen molar-refractivity contribution in [2.24, 2.45) is 0 Å². The molecule has 2 fully saturated rings. The van der Waals surface area contributed by atoms with E-state index in [2.05, 4.69) is 0 Å². The minimum Gasteiger partial charge on any atom is -0.319 e. The van der Waals surface area contributed by atoms with Crippen molar-refractivity contribution in [3.8, 4) is 0 Å². The molecule has 3 nitrogen and oxygen atoms in total. The third-order valence-corrected chi connectivity index (χ3v) is 6.24. The molecule has 4 rings (SSSR count). The fraction of sp³-hybridized carbons (Fsp3) is 0.176. The summed E-state index contributed by atoms with van der Waals surface area (Å²) in [4.78, 5) is 16.1. The normalized spacial score (nSPS) is 22.7. The molecule has 2 heterocycles. The lowest BCUT2D eigenvalue weighted by atomic mass is 10.2. The van der Waals surface area contributed by atoms with Gasteiger partial charge in [0.05, 0.1) is 10.7 Å². The van der Waals surface area contributed by atoms with Crippen LogP contribution in [0.2, 0.25) is 5.02 Å². The number of benzene rings is 2. The summed E-state index contributed by atoms with van der Waals surface area (Å²) in [6.07, 6.45) is 0. The van der Waals surface area contributed by atoms with Gasteiger partial charge in [0.15, 0.2) is 5.11 Å². The van der Waals surface area contributed by atoms with Crippen LogP contribution in [0.1, 0.15) is 10.9 Å². The number of carbonyl (C=O) groups is 1. The molecule has 2 saturated heterocycles. The quantitative estimate of drug-likeness (QED) is 0.703. The van der Waals surface area contributed by atoms with Crippen LogP contribution in [-0.4, -0.2) is 27.7 Å². The molecule has 25 heavy (non-hydrogen) atoms. The van der Waals surface area contributed by atoms with Crippen molar-refractivity contribution in [3.63, 3.8) is 0 Å². The molecule has 0 unspecified atom stereocenters. The van der Waals surface area contributed by atoms with E-state index in [0.29, 0.717) is 16.6 Å². The molecule has 2 aromatic rings. The fourth-order valence-corrected chi connectivity index (χ4v) is 5.13. The van der Waals surface area contributed by atoms with Crippen LogP contribution in [0.15, 0.2) is 42.5 Å². The summed E-state index contributed by atoms with van der Waals surface area (Å²) in [7, 11) is 0. The van der Waals surface area contributed by atoms with Gasteiger partial charge in [0.2, 0.25) is 0 Å². The van der Waals surface area contributed by atoms with Crippen LogP contribution >= 0.6 is 35.6 Å². The standard InChI is InChI=1S/C17H11ClF2N2OS2/c18-12-7-11(5-6-13(12)20)21-15(23)14-8-25-16(22(14)17(21)24)9-1-3-10(19)4-2-9/h1-7,14,16H,8H2/t14-,16+/m0/s1. The Hall–Kier alpha value is -1.70. The average Bonchev–Trinajstić information content (AvgIpc) is 3.12. The van der Waals surface area contributed by atoms with E-state index in [-0.39, 0.29) is 22.1 Å². The van der Waals surface area contributed by atoms with Gasteiger partial charge in [-0.2, -0.15) is 0 Å². The zero-order valence-electron chi connectivity index (χ0n) is 12.7. The number of hydrogen-bond acceptors (Lipinski definition) is 3. The second-order valence-electron chi connectivity index (χ2n) is 5.71. The summed E-state index contributed by atoms with van der Waals surface area (Å²) < 4.78 is 26.6. The first-order valence-corrected chi connectivity index (χ1v) is 9.29. The van der Waals surface area contributed by atoms with Crippen LogP contribution in [0.4, 0.5) is 14.5 Å². The number of nitrogens with zero attached hydrogens (tertiary/aromatic N) is 2. The SMILES string of the molecule is O=C1[C@@H]2CS[C@H](c3ccc(F)cc3)N2C(=S)N1c1ccc(F)c(Cl)c1. The zero-order valence-corrected chi connectivity index (χ0v) is 15.0. The van der Waals surface area contributed by atoms with Gasteiger partial charge in [-0.05, 0) is 48.1 Å². The summed E-state index contributed by atoms with van der Waals surface area (Å²) in [6, 6.07) is 9.86. The molecule has 2 aliphatic heterocycles. The summed E-state index contributed by atoms with van der Waals surface area (Å²) in [5, 5.41) is 0.115. The largest absolute Gasteiger partial charge is 0.319 e. The van der Waals surface area contributed by atoms with E-state index < -0.39 is 11.9 Å². The number of rotatable bonds is 2. The highest BCUT2D eigenvalue weighted by Gasteiger charge is 2.50. The van der Waals surface area contributed by atoms with Crippen molar-refractivity contribution in [1.82, 2.24) is 4.90 Å². The lowest BCUT2D eigenvalue weighted by Crippen LogP contribution is -2.33. The summed E-state index contributed by atoms with van der Waals surface area (Å²) >= 11 is 12.9. The predicted molar refractivity (Wildman–Crippen MR) is 98.7 cm³/mol. The van der Waals surface area contributed by atoms with Crippen LogP contribution in [0.25, 0.3) is 0 Å². The van der Waals surface area contributed by atoms with Gasteiger partial charge in [-0.3, -0.25) is 9.69 Å². The maximum atomic E-state index is 13.4. The van der Waals surface area contributed by atoms with Gasteiger partial charge >= 0.3 is 0 Å². The van der Waals surface area contributed by atoms with Gasteiger partial charge in [-0.25, -0.2) is 8.78 Å². The Morgan fingerprint density at radius 1 is 1.16 bits per heavy atom. The van der Waals surface area contributed by atoms with Crippen LogP contribution < -0.4 is 4.90 Å². The van der Waals surface area contributed by atoms with Crippen LogP contribution in [0, 0.1) is 11.6 Å². The first kappa shape index (κ1) is 16.8. The van der Waals surface area contributed by atoms with Crippen LogP contribution in [0.5, 0.6) is 0 Å². The summed E-state index contributed by atoms with van der Waals surface area (Å²) in [6.45, 7) is 0. The molecule has 0 saturated carbocycles. The zero-order chi connectivity index (χ0) is 17.7. The Morgan fingerprint density at radius 3 is 2.56 bits per heavy atom. The molecule has 2 aromatic carbocycles. The van der Waals surface area contributed by atoms with Crippen molar-refractivity contribution in [1.29, 1.82) is 0 Å². The van der Waals surface area contributed by atoms with Crippen molar-refractivity contribution in [2.45, 2.75) is 11.4 Å². The smallest absolute Gasteiger partial charge is 0.257 e. The minimum absolute atomic E-state index is 0.0652. The van der Waals surface area contributed by atoms with Gasteiger partial charge in [0.25, 0.3) is 5.91 Å². The molecule has 1 amide bonds. The minimum atomic E-state index is -0.553. The topological polar surface area (TPSA) is 23.6 Å². The Labute approximate surface area is 157 Å². The lowest BCUT2D eigenvalue weighted by molar-refractivity contribution is -0.119. The molecule has 0 radical (unpaired) electrons. The maximum absolute atomic E-state index is 13.4. The van der Waals surface area contributed by atoms with Gasteiger partial charge in [-0.15, -0.1) is 11.8 Å². The van der Waals surface area contributed by atoms with Gasteiger partial charge in [0, 0.05) is 5.75 Å². The van der Waals surface area contributed by atoms with E-state index in [1.165, 1.54) is 35.2 Å². The third kappa shape index (κ3) is 2.70. The maximum Gasteiger partial charge on any atom is 0.257 e. The summed E-state index contributed by atoms with van der Waals surface area (Å²) in [5.74, 6) is -0.453. The lowest BCUT2D eigenvalue weighted by Gasteiger charge is -2.25. The van der Waals surface area contributed by atoms with Gasteiger partial charge in [-0.1, -0.05) is 23.7 Å². The van der Waals surface area contributed by atoms with Gasteiger partial charge in [0.1, 0.15) is 23.1 Å². The number of thiocarbonyl (C=S) groups is 1. The fourth-order valence-electron chi connectivity index (χ4n) is 3.04. The van der Waals surface area contributed by atoms with E-state index in [4.69, 9.17) is 23.8 Å². The molecule has 0 aromatic heterocycles. The highest BCUT2D eigenvalue weighted by molar-refractivity contribution is 7.99. The molecule has 2 atom stereocenters. The Balaban J connectivity index is 1.68. The molecule has 0 N–H and O–H groups in total. The molecule has 2 aliphatic rings. The number of halogens is 3. The van der Waals surface area contributed by atoms with Crippen molar-refractivity contribution in [3.05, 3.63) is 64.7 Å². The third-order valence-electron chi connectivity index (χ3n) is 4.23. The number of thioether (sulfide) groups is 1. The number of carbonyl (C=O) groups excluding carboxylic acids is 1. The summed E-state index contributed by atoms with van der Waals surface area (Å²) in [5.41, 5.74) is 1.32. The van der Waals surface area contributed by atoms with Gasteiger partial charge < -0.3 is 4.90 Å². The highest BCUT2D eigenvalue weighted by atomic mass is 35.5. The van der Waals surface area contributed by atoms with E-state index in [1.54, 1.807) is 23.9 Å². The predicted octanol–water partition coefficient (Wildman–Crippen LogP) is 4.37. The van der Waals surface area contributed by atoms with Crippen LogP contribution in [0.3, 0.4) is 0 Å². The second kappa shape index (κ2) is 6.23. The second-order valence-corrected chi connectivity index (χ2v) is 7.60. The van der Waals surface area contributed by atoms with E-state index >= 15 is 0 Å². The van der Waals surface area contributed by atoms with Crippen molar-refractivity contribution < 1.29 is 13.6 Å². The highest BCUT2D eigenvalue weighted by Crippen LogP contribution is 2.46. The molecular formula is C17H11ClF2N2OS2. The van der Waals surface area contributed by atoms with E-state index in [1.807, 2.05) is 4.90 Å². The average molecular weight is 397 g/mol. The number of hydrogen-bond donors (Lipinski definition) is 0. The molecule has 128 valence electrons. The molecule has 8 heteroatoms. The monoisotopic (exact) mass is 396 g/mol. The molecule has 0 bridgehead atoms. The Kier molecular flexibility index (Phi) is 4.17. The first-order valence-electron chi connectivity index (χ1n) is 7.46. The van der Waals surface area contributed by atoms with Crippen molar-refractivity contribution in [2.75, 3.05) is 10.7 Å². The molecule has 0 spiro atoms.